The Labute approximate surface area is 417 Å². The van der Waals surface area contributed by atoms with Gasteiger partial charge < -0.3 is 9.13 Å². The van der Waals surface area contributed by atoms with Gasteiger partial charge in [-0.25, -0.2) is 14.5 Å². The van der Waals surface area contributed by atoms with Gasteiger partial charge in [0.1, 0.15) is 0 Å². The zero-order valence-corrected chi connectivity index (χ0v) is 38.1. The molecule has 0 spiro atoms. The minimum absolute atomic E-state index is 0.0427. The third-order valence-electron chi connectivity index (χ3n) is 13.2. The van der Waals surface area contributed by atoms with E-state index in [1.54, 1.807) is 54.6 Å². The zero-order valence-electron chi connectivity index (χ0n) is 38.1. The van der Waals surface area contributed by atoms with Crippen LogP contribution in [0.4, 0.5) is 43.4 Å². The van der Waals surface area contributed by atoms with Gasteiger partial charge in [-0.2, -0.15) is 36.9 Å². The van der Waals surface area contributed by atoms with Crippen LogP contribution in [-0.2, 0) is 12.4 Å². The summed E-state index contributed by atoms with van der Waals surface area (Å²) in [4.78, 5) is 10.9. The lowest BCUT2D eigenvalue weighted by atomic mass is 9.93. The molecule has 11 rings (SSSR count). The van der Waals surface area contributed by atoms with Gasteiger partial charge in [0.05, 0.1) is 87.6 Å². The number of aromatic nitrogens is 2. The van der Waals surface area contributed by atoms with E-state index in [-0.39, 0.29) is 22.9 Å². The van der Waals surface area contributed by atoms with Crippen LogP contribution in [0.15, 0.2) is 176 Å². The molecule has 0 fully saturated rings. The fraction of sp³-hybridized carbons (Fsp3) is 0.0328. The van der Waals surface area contributed by atoms with Crippen LogP contribution in [0.1, 0.15) is 22.3 Å². The zero-order chi connectivity index (χ0) is 51.6. The van der Waals surface area contributed by atoms with Crippen LogP contribution in [0.5, 0.6) is 0 Å². The number of hydrogen-bond acceptors (Lipinski definition) is 2. The molecular weight excluding hydrogens is 945 g/mol. The largest absolute Gasteiger partial charge is 0.416 e. The average Bonchev–Trinajstić information content (AvgIpc) is 3.93. The summed E-state index contributed by atoms with van der Waals surface area (Å²) in [5, 5.41) is 22.7. The minimum atomic E-state index is -5.11. The van der Waals surface area contributed by atoms with Crippen molar-refractivity contribution in [3.63, 3.8) is 0 Å². The van der Waals surface area contributed by atoms with Crippen LogP contribution in [0.25, 0.3) is 114 Å². The lowest BCUT2D eigenvalue weighted by molar-refractivity contribution is -0.143. The summed E-state index contributed by atoms with van der Waals surface area (Å²) < 4.78 is 90.6. The molecule has 0 saturated heterocycles. The Balaban J connectivity index is 1.22. The molecule has 2 heterocycles. The van der Waals surface area contributed by atoms with E-state index in [1.807, 2.05) is 94.1 Å². The standard InChI is InChI=1S/C61H29F6N7/c1-70-45-15-19-59(74-55-11-7-5-8-48(55)50-27-37(12-16-57(50)74)40-21-35(33-68)20-36(22-40)34-69)53(32-45)52-29-38(41-23-43(60(62,63)64)30-44(24-41)61(65,66)67)13-18-58(52)73-54-10-6-4-9-49(54)51-28-39(14-17-56(51)73)42-25-46(71-2)31-47(26-42)72-3/h4-32H. The molecule has 0 aliphatic carbocycles. The van der Waals surface area contributed by atoms with E-state index >= 15 is 0 Å². The maximum Gasteiger partial charge on any atom is 0.416 e. The molecule has 9 aromatic carbocycles. The van der Waals surface area contributed by atoms with Crippen LogP contribution in [-0.4, -0.2) is 9.13 Å². The Morgan fingerprint density at radius 3 is 1.27 bits per heavy atom. The molecule has 7 nitrogen and oxygen atoms in total. The van der Waals surface area contributed by atoms with E-state index in [9.17, 15) is 36.9 Å². The van der Waals surface area contributed by atoms with Crippen LogP contribution in [0, 0.1) is 42.4 Å². The smallest absolute Gasteiger partial charge is 0.309 e. The third-order valence-corrected chi connectivity index (χ3v) is 13.2. The van der Waals surface area contributed by atoms with Crippen molar-refractivity contribution >= 4 is 60.7 Å². The van der Waals surface area contributed by atoms with Crippen molar-refractivity contribution in [2.24, 2.45) is 0 Å². The summed E-state index contributed by atoms with van der Waals surface area (Å²) in [7, 11) is 0. The summed E-state index contributed by atoms with van der Waals surface area (Å²) in [6.45, 7) is 23.5. The second-order valence-corrected chi connectivity index (χ2v) is 17.5. The molecule has 13 heteroatoms. The summed E-state index contributed by atoms with van der Waals surface area (Å²) in [5.41, 5.74) is 5.58. The molecular formula is C61H29F6N7. The number of halogens is 6. The SMILES string of the molecule is [C-]#[N+]c1cc([N+]#[C-])cc(-c2ccc3c(c2)c2ccccc2n3-c2ccc(-c3cc(C(F)(F)F)cc(C(F)(F)F)c3)cc2-c2cc([N+]#[C-])ccc2-n2c3ccccc3c3cc(-c4cc(C#N)cc(C#N)c4)ccc32)c1. The molecule has 0 aliphatic rings. The predicted octanol–water partition coefficient (Wildman–Crippen LogP) is 18.0. The molecule has 0 amide bonds. The van der Waals surface area contributed by atoms with Crippen LogP contribution >= 0.6 is 0 Å². The van der Waals surface area contributed by atoms with Crippen molar-refractivity contribution in [3.05, 3.63) is 232 Å². The van der Waals surface area contributed by atoms with Gasteiger partial charge in [-0.1, -0.05) is 78.9 Å². The van der Waals surface area contributed by atoms with E-state index in [0.29, 0.717) is 84.8 Å². The van der Waals surface area contributed by atoms with E-state index in [1.165, 1.54) is 18.2 Å². The van der Waals surface area contributed by atoms with Crippen LogP contribution in [0.2, 0.25) is 0 Å². The Kier molecular flexibility index (Phi) is 10.9. The van der Waals surface area contributed by atoms with Crippen molar-refractivity contribution in [3.8, 4) is 68.0 Å². The van der Waals surface area contributed by atoms with Crippen molar-refractivity contribution in [1.29, 1.82) is 10.5 Å². The summed E-state index contributed by atoms with van der Waals surface area (Å²) >= 11 is 0. The quantitative estimate of drug-likeness (QED) is 0.123. The van der Waals surface area contributed by atoms with Crippen molar-refractivity contribution in [2.45, 2.75) is 12.4 Å². The Hall–Kier alpha value is -10.4. The molecule has 11 aromatic rings. The molecule has 350 valence electrons. The monoisotopic (exact) mass is 973 g/mol. The Morgan fingerprint density at radius 1 is 0.365 bits per heavy atom. The van der Waals surface area contributed by atoms with Crippen LogP contribution < -0.4 is 0 Å². The molecule has 0 aliphatic heterocycles. The molecule has 74 heavy (non-hydrogen) atoms. The first-order valence-electron chi connectivity index (χ1n) is 22.6. The van der Waals surface area contributed by atoms with Crippen molar-refractivity contribution < 1.29 is 26.3 Å². The fourth-order valence-corrected chi connectivity index (χ4v) is 9.89. The molecule has 0 radical (unpaired) electrons. The number of rotatable bonds is 6. The lowest BCUT2D eigenvalue weighted by Gasteiger charge is -2.21. The van der Waals surface area contributed by atoms with E-state index in [4.69, 9.17) is 19.7 Å². The number of para-hydroxylation sites is 2. The first-order valence-corrected chi connectivity index (χ1v) is 22.6. The van der Waals surface area contributed by atoms with E-state index in [2.05, 4.69) is 26.7 Å². The van der Waals surface area contributed by atoms with Gasteiger partial charge in [0.25, 0.3) is 0 Å². The van der Waals surface area contributed by atoms with Gasteiger partial charge in [-0.05, 0) is 136 Å². The van der Waals surface area contributed by atoms with Crippen molar-refractivity contribution in [2.75, 3.05) is 0 Å². The third kappa shape index (κ3) is 7.87. The second kappa shape index (κ2) is 17.5. The summed E-state index contributed by atoms with van der Waals surface area (Å²) in [5.74, 6) is 0. The number of fused-ring (bicyclic) bond motifs is 6. The average molecular weight is 974 g/mol. The van der Waals surface area contributed by atoms with Gasteiger partial charge in [0, 0.05) is 27.1 Å². The first kappa shape index (κ1) is 46.0. The Bertz CT molecular complexity index is 4330. The van der Waals surface area contributed by atoms with E-state index < -0.39 is 23.5 Å². The van der Waals surface area contributed by atoms with Crippen molar-refractivity contribution in [1.82, 2.24) is 9.13 Å². The van der Waals surface area contributed by atoms with Gasteiger partial charge in [-0.15, -0.1) is 0 Å². The summed E-state index contributed by atoms with van der Waals surface area (Å²) in [6, 6.07) is 52.0. The minimum Gasteiger partial charge on any atom is -0.309 e. The number of alkyl halides is 6. The maximum atomic E-state index is 14.4. The second-order valence-electron chi connectivity index (χ2n) is 17.5. The number of nitriles is 2. The first-order chi connectivity index (χ1) is 35.7. The number of nitrogens with zero attached hydrogens (tertiary/aromatic N) is 7. The maximum absolute atomic E-state index is 14.4. The van der Waals surface area contributed by atoms with Gasteiger partial charge in [0.2, 0.25) is 0 Å². The highest BCUT2D eigenvalue weighted by Crippen LogP contribution is 2.46. The highest BCUT2D eigenvalue weighted by Gasteiger charge is 2.37. The van der Waals surface area contributed by atoms with Gasteiger partial charge in [-0.3, -0.25) is 0 Å². The fourth-order valence-electron chi connectivity index (χ4n) is 9.89. The predicted molar refractivity (Wildman–Crippen MR) is 275 cm³/mol. The number of hydrogen-bond donors (Lipinski definition) is 0. The molecule has 0 N–H and O–H groups in total. The molecule has 0 bridgehead atoms. The highest BCUT2D eigenvalue weighted by molar-refractivity contribution is 6.13. The molecule has 2 aromatic heterocycles. The summed E-state index contributed by atoms with van der Waals surface area (Å²) in [6.07, 6.45) is -10.2. The Morgan fingerprint density at radius 2 is 0.784 bits per heavy atom. The normalized spacial score (nSPS) is 11.6. The topological polar surface area (TPSA) is 70.5 Å². The number of benzene rings is 9. The van der Waals surface area contributed by atoms with Gasteiger partial charge in [0.15, 0.2) is 17.1 Å². The van der Waals surface area contributed by atoms with E-state index in [0.717, 1.165) is 38.2 Å². The molecule has 0 atom stereocenters. The lowest BCUT2D eigenvalue weighted by Crippen LogP contribution is -2.11. The molecule has 0 saturated carbocycles. The van der Waals surface area contributed by atoms with Crippen LogP contribution in [0.3, 0.4) is 0 Å². The highest BCUT2D eigenvalue weighted by atomic mass is 19.4. The van der Waals surface area contributed by atoms with Gasteiger partial charge >= 0.3 is 12.4 Å². The molecule has 0 unspecified atom stereocenters.